The molecule has 3 aromatic rings. The second-order valence-corrected chi connectivity index (χ2v) is 10.1. The average Bonchev–Trinajstić information content (AvgIpc) is 2.85. The average molecular weight is 511 g/mol. The highest BCUT2D eigenvalue weighted by atomic mass is 35.5. The van der Waals surface area contributed by atoms with Gasteiger partial charge in [0.2, 0.25) is 5.95 Å². The first-order chi connectivity index (χ1) is 17.4. The number of benzene rings is 1. The third-order valence-corrected chi connectivity index (χ3v) is 7.42. The molecular formula is C26H31ClN6O3. The molecule has 10 heteroatoms. The van der Waals surface area contributed by atoms with Crippen molar-refractivity contribution in [3.05, 3.63) is 45.8 Å². The van der Waals surface area contributed by atoms with Gasteiger partial charge < -0.3 is 24.8 Å². The molecule has 36 heavy (non-hydrogen) atoms. The van der Waals surface area contributed by atoms with Crippen LogP contribution in [0.5, 0.6) is 5.75 Å². The molecule has 2 aromatic heterocycles. The van der Waals surface area contributed by atoms with Crippen molar-refractivity contribution in [1.29, 1.82) is 0 Å². The summed E-state index contributed by atoms with van der Waals surface area (Å²) in [5.41, 5.74) is 1.40. The number of halogens is 1. The smallest absolute Gasteiger partial charge is 0.293 e. The Morgan fingerprint density at radius 2 is 1.97 bits per heavy atom. The van der Waals surface area contributed by atoms with Gasteiger partial charge >= 0.3 is 0 Å². The number of nitrogens with one attached hydrogen (secondary N) is 2. The predicted octanol–water partition coefficient (Wildman–Crippen LogP) is 4.27. The quantitative estimate of drug-likeness (QED) is 0.489. The number of carbonyl (C=O) groups excluding carboxylic acids is 1. The molecule has 0 atom stereocenters. The van der Waals surface area contributed by atoms with Gasteiger partial charge in [0.05, 0.1) is 11.7 Å². The molecule has 2 aliphatic rings. The van der Waals surface area contributed by atoms with E-state index in [2.05, 4.69) is 27.4 Å². The van der Waals surface area contributed by atoms with Gasteiger partial charge in [-0.15, -0.1) is 0 Å². The van der Waals surface area contributed by atoms with Gasteiger partial charge in [0.1, 0.15) is 5.02 Å². The number of hydrogen-bond donors (Lipinski definition) is 2. The second kappa shape index (κ2) is 10.3. The number of anilines is 3. The van der Waals surface area contributed by atoms with E-state index in [0.29, 0.717) is 22.7 Å². The molecule has 3 heterocycles. The Labute approximate surface area is 214 Å². The van der Waals surface area contributed by atoms with E-state index in [1.54, 1.807) is 16.8 Å². The number of fused-ring (bicyclic) bond motifs is 1. The molecule has 190 valence electrons. The van der Waals surface area contributed by atoms with Crippen LogP contribution in [0.2, 0.25) is 5.02 Å². The molecule has 0 spiro atoms. The van der Waals surface area contributed by atoms with Crippen molar-refractivity contribution in [2.24, 2.45) is 5.92 Å². The van der Waals surface area contributed by atoms with E-state index in [9.17, 15) is 9.59 Å². The maximum absolute atomic E-state index is 13.2. The van der Waals surface area contributed by atoms with E-state index >= 15 is 0 Å². The third-order valence-electron chi connectivity index (χ3n) is 7.14. The number of pyridine rings is 1. The first-order valence-electron chi connectivity index (χ1n) is 12.5. The molecule has 5 rings (SSSR count). The van der Waals surface area contributed by atoms with Gasteiger partial charge in [-0.1, -0.05) is 18.5 Å². The summed E-state index contributed by atoms with van der Waals surface area (Å²) < 4.78 is 7.41. The summed E-state index contributed by atoms with van der Waals surface area (Å²) in [6.45, 7) is 3.91. The van der Waals surface area contributed by atoms with Crippen LogP contribution >= 0.6 is 11.6 Å². The van der Waals surface area contributed by atoms with E-state index in [1.165, 1.54) is 7.05 Å². The molecule has 1 aliphatic heterocycles. The number of hydrogen-bond acceptors (Lipinski definition) is 7. The van der Waals surface area contributed by atoms with Gasteiger partial charge in [0.15, 0.2) is 18.2 Å². The number of aromatic nitrogens is 3. The molecular weight excluding hydrogens is 480 g/mol. The van der Waals surface area contributed by atoms with Crippen molar-refractivity contribution in [2.75, 3.05) is 37.0 Å². The lowest BCUT2D eigenvalue weighted by Gasteiger charge is -2.30. The van der Waals surface area contributed by atoms with Crippen LogP contribution in [0.15, 0.2) is 35.3 Å². The van der Waals surface area contributed by atoms with E-state index in [1.807, 2.05) is 18.2 Å². The van der Waals surface area contributed by atoms with Crippen LogP contribution in [0.1, 0.15) is 45.1 Å². The second-order valence-electron chi connectivity index (χ2n) is 9.67. The monoisotopic (exact) mass is 510 g/mol. The first kappa shape index (κ1) is 24.4. The van der Waals surface area contributed by atoms with E-state index in [4.69, 9.17) is 21.3 Å². The summed E-state index contributed by atoms with van der Waals surface area (Å²) in [5.74, 6) is 1.78. The number of carbonyl (C=O) groups is 1. The van der Waals surface area contributed by atoms with E-state index in [0.717, 1.165) is 61.8 Å². The molecule has 1 saturated heterocycles. The summed E-state index contributed by atoms with van der Waals surface area (Å²) in [6, 6.07) is 7.62. The number of likely N-dealkylation sites (N-methyl/N-ethyl adjacent to an activating group) is 1. The van der Waals surface area contributed by atoms with Crippen LogP contribution < -0.4 is 25.8 Å². The van der Waals surface area contributed by atoms with Crippen molar-refractivity contribution in [2.45, 2.75) is 45.1 Å². The van der Waals surface area contributed by atoms with E-state index in [-0.39, 0.29) is 29.9 Å². The standard InChI is InChI=1S/C26H31ClN6O3/c1-16-8-10-32(11-9-16)26-29-14-20(27)24(31-26)30-18-6-7-21-17(12-18)13-22(36-15-23(34)28-2)25(35)33(21)19-4-3-5-19/h6-7,12-14,16,19H,3-5,8-11,15H2,1-2H3,(H,28,34)(H,29,30,31). The van der Waals surface area contributed by atoms with Crippen molar-refractivity contribution in [3.8, 4) is 5.75 Å². The third kappa shape index (κ3) is 4.97. The summed E-state index contributed by atoms with van der Waals surface area (Å²) in [5, 5.41) is 7.09. The molecule has 1 aliphatic carbocycles. The molecule has 0 radical (unpaired) electrons. The highest BCUT2D eigenvalue weighted by Gasteiger charge is 2.25. The zero-order chi connectivity index (χ0) is 25.2. The summed E-state index contributed by atoms with van der Waals surface area (Å²) >= 11 is 6.44. The Balaban J connectivity index is 1.46. The summed E-state index contributed by atoms with van der Waals surface area (Å²) in [4.78, 5) is 36.2. The van der Waals surface area contributed by atoms with Gasteiger partial charge in [-0.3, -0.25) is 9.59 Å². The number of amides is 1. The lowest BCUT2D eigenvalue weighted by molar-refractivity contribution is -0.122. The molecule has 2 N–H and O–H groups in total. The Bertz CT molecular complexity index is 1330. The number of ether oxygens (including phenoxy) is 1. The molecule has 1 aromatic carbocycles. The van der Waals surface area contributed by atoms with Crippen LogP contribution in [-0.4, -0.2) is 47.2 Å². The van der Waals surface area contributed by atoms with Crippen LogP contribution in [0, 0.1) is 5.92 Å². The van der Waals surface area contributed by atoms with Crippen LogP contribution in [-0.2, 0) is 4.79 Å². The van der Waals surface area contributed by atoms with Gasteiger partial charge in [-0.25, -0.2) is 4.98 Å². The fourth-order valence-corrected chi connectivity index (χ4v) is 4.81. The topological polar surface area (TPSA) is 101 Å². The number of piperidine rings is 1. The lowest BCUT2D eigenvalue weighted by atomic mass is 9.92. The lowest BCUT2D eigenvalue weighted by Crippen LogP contribution is -2.34. The fourth-order valence-electron chi connectivity index (χ4n) is 4.67. The van der Waals surface area contributed by atoms with Crippen molar-refractivity contribution >= 4 is 45.9 Å². The predicted molar refractivity (Wildman–Crippen MR) is 142 cm³/mol. The maximum Gasteiger partial charge on any atom is 0.293 e. The highest BCUT2D eigenvalue weighted by Crippen LogP contribution is 2.35. The molecule has 9 nitrogen and oxygen atoms in total. The van der Waals surface area contributed by atoms with Gasteiger partial charge in [-0.05, 0) is 62.3 Å². The van der Waals surface area contributed by atoms with Crippen molar-refractivity contribution in [3.63, 3.8) is 0 Å². The first-order valence-corrected chi connectivity index (χ1v) is 12.9. The minimum atomic E-state index is -0.294. The minimum Gasteiger partial charge on any atom is -0.478 e. The fraction of sp³-hybridized carbons (Fsp3) is 0.462. The Morgan fingerprint density at radius 3 is 2.67 bits per heavy atom. The summed E-state index contributed by atoms with van der Waals surface area (Å²) in [7, 11) is 1.53. The minimum absolute atomic E-state index is 0.133. The van der Waals surface area contributed by atoms with Gasteiger partial charge in [0.25, 0.3) is 11.5 Å². The summed E-state index contributed by atoms with van der Waals surface area (Å²) in [6.07, 6.45) is 6.85. The molecule has 0 bridgehead atoms. The zero-order valence-corrected chi connectivity index (χ0v) is 21.3. The van der Waals surface area contributed by atoms with Crippen molar-refractivity contribution < 1.29 is 9.53 Å². The Morgan fingerprint density at radius 1 is 1.19 bits per heavy atom. The van der Waals surface area contributed by atoms with Crippen LogP contribution in [0.3, 0.4) is 0 Å². The van der Waals surface area contributed by atoms with E-state index < -0.39 is 0 Å². The number of nitrogens with zero attached hydrogens (tertiary/aromatic N) is 4. The maximum atomic E-state index is 13.2. The van der Waals surface area contributed by atoms with Gasteiger partial charge in [-0.2, -0.15) is 4.98 Å². The Hall–Kier alpha value is -3.33. The molecule has 1 amide bonds. The molecule has 1 saturated carbocycles. The largest absolute Gasteiger partial charge is 0.478 e. The van der Waals surface area contributed by atoms with Crippen LogP contribution in [0.25, 0.3) is 10.9 Å². The molecule has 0 unspecified atom stereocenters. The van der Waals surface area contributed by atoms with Gasteiger partial charge in [0, 0.05) is 37.3 Å². The highest BCUT2D eigenvalue weighted by molar-refractivity contribution is 6.32. The Kier molecular flexibility index (Phi) is 7.00. The zero-order valence-electron chi connectivity index (χ0n) is 20.6. The van der Waals surface area contributed by atoms with Crippen LogP contribution in [0.4, 0.5) is 17.5 Å². The SMILES string of the molecule is CNC(=O)COc1cc2cc(Nc3nc(N4CCC(C)CC4)ncc3Cl)ccc2n(C2CCC2)c1=O. The van der Waals surface area contributed by atoms with Crippen molar-refractivity contribution in [1.82, 2.24) is 19.9 Å². The molecule has 2 fully saturated rings. The normalized spacial score (nSPS) is 16.6. The number of rotatable bonds is 7.